The molecule has 0 spiro atoms. The first-order valence-corrected chi connectivity index (χ1v) is 12.4. The van der Waals surface area contributed by atoms with Gasteiger partial charge < -0.3 is 21.1 Å². The second-order valence-corrected chi connectivity index (χ2v) is 9.64. The van der Waals surface area contributed by atoms with Gasteiger partial charge in [0.05, 0.1) is 35.9 Å². The molecule has 1 aliphatic rings. The highest BCUT2D eigenvalue weighted by molar-refractivity contribution is 6.01. The molecule has 1 aromatic heterocycles. The number of aromatic nitrogens is 2. The number of nitrogens with one attached hydrogen (secondary N) is 3. The number of hydrogen-bond acceptors (Lipinski definition) is 5. The van der Waals surface area contributed by atoms with E-state index in [-0.39, 0.29) is 18.0 Å². The molecule has 0 aliphatic heterocycles. The molecule has 1 heterocycles. The van der Waals surface area contributed by atoms with Crippen molar-refractivity contribution < 1.29 is 19.1 Å². The van der Waals surface area contributed by atoms with Crippen molar-refractivity contribution in [2.24, 2.45) is 11.8 Å². The highest BCUT2D eigenvalue weighted by Gasteiger charge is 2.28. The van der Waals surface area contributed by atoms with Gasteiger partial charge in [-0.3, -0.25) is 4.79 Å². The SMILES string of the molecule is CCC(CC(=O)O)c1cc(NC(=O)Nc2cncnc2)c(NC(C(C)C)C2CCCCC2)cc1F. The predicted octanol–water partition coefficient (Wildman–Crippen LogP) is 6.24. The lowest BCUT2D eigenvalue weighted by molar-refractivity contribution is -0.137. The smallest absolute Gasteiger partial charge is 0.323 e. The minimum Gasteiger partial charge on any atom is -0.481 e. The van der Waals surface area contributed by atoms with E-state index in [1.165, 1.54) is 44.0 Å². The summed E-state index contributed by atoms with van der Waals surface area (Å²) in [5.74, 6) is -1.21. The Morgan fingerprint density at radius 2 is 1.77 bits per heavy atom. The van der Waals surface area contributed by atoms with E-state index in [0.29, 0.717) is 35.3 Å². The number of anilines is 3. The lowest BCUT2D eigenvalue weighted by atomic mass is 9.79. The summed E-state index contributed by atoms with van der Waals surface area (Å²) in [6.45, 7) is 6.12. The Labute approximate surface area is 206 Å². The Morgan fingerprint density at radius 1 is 1.09 bits per heavy atom. The van der Waals surface area contributed by atoms with Gasteiger partial charge in [0.2, 0.25) is 0 Å². The molecule has 3 rings (SSSR count). The average Bonchev–Trinajstić information content (AvgIpc) is 2.83. The third-order valence-corrected chi connectivity index (χ3v) is 6.76. The van der Waals surface area contributed by atoms with Crippen molar-refractivity contribution >= 4 is 29.1 Å². The van der Waals surface area contributed by atoms with Gasteiger partial charge in [-0.15, -0.1) is 0 Å². The maximum atomic E-state index is 15.3. The number of carbonyl (C=O) groups is 2. The van der Waals surface area contributed by atoms with Crippen molar-refractivity contribution in [1.29, 1.82) is 0 Å². The fourth-order valence-electron chi connectivity index (χ4n) is 4.96. The van der Waals surface area contributed by atoms with Gasteiger partial charge in [-0.25, -0.2) is 19.2 Å². The number of halogens is 1. The summed E-state index contributed by atoms with van der Waals surface area (Å²) in [6, 6.07) is 2.55. The molecule has 2 atom stereocenters. The molecule has 0 saturated heterocycles. The first-order valence-electron chi connectivity index (χ1n) is 12.4. The summed E-state index contributed by atoms with van der Waals surface area (Å²) in [5.41, 5.74) is 1.58. The normalized spacial score (nSPS) is 15.9. The van der Waals surface area contributed by atoms with Crippen molar-refractivity contribution in [2.75, 3.05) is 16.0 Å². The molecule has 4 N–H and O–H groups in total. The summed E-state index contributed by atoms with van der Waals surface area (Å²) in [5, 5.41) is 18.3. The molecule has 1 aromatic carbocycles. The summed E-state index contributed by atoms with van der Waals surface area (Å²) < 4.78 is 15.3. The summed E-state index contributed by atoms with van der Waals surface area (Å²) in [4.78, 5) is 31.9. The van der Waals surface area contributed by atoms with Crippen LogP contribution in [0.1, 0.15) is 77.2 Å². The number of rotatable bonds is 10. The Hall–Kier alpha value is -3.23. The highest BCUT2D eigenvalue weighted by Crippen LogP contribution is 2.37. The first-order chi connectivity index (χ1) is 16.8. The lowest BCUT2D eigenvalue weighted by Gasteiger charge is -2.35. The van der Waals surface area contributed by atoms with Crippen LogP contribution in [0.5, 0.6) is 0 Å². The monoisotopic (exact) mass is 485 g/mol. The van der Waals surface area contributed by atoms with E-state index in [0.717, 1.165) is 12.8 Å². The van der Waals surface area contributed by atoms with E-state index in [4.69, 9.17) is 0 Å². The fraction of sp³-hybridized carbons (Fsp3) is 0.538. The Morgan fingerprint density at radius 3 is 2.37 bits per heavy atom. The minimum atomic E-state index is -0.994. The van der Waals surface area contributed by atoms with Gasteiger partial charge in [-0.1, -0.05) is 40.0 Å². The maximum Gasteiger partial charge on any atom is 0.323 e. The van der Waals surface area contributed by atoms with Crippen molar-refractivity contribution in [3.05, 3.63) is 42.2 Å². The van der Waals surface area contributed by atoms with Crippen LogP contribution in [-0.4, -0.2) is 33.1 Å². The van der Waals surface area contributed by atoms with Gasteiger partial charge in [0.25, 0.3) is 0 Å². The molecule has 2 aromatic rings. The first kappa shape index (κ1) is 26.4. The molecule has 2 unspecified atom stereocenters. The van der Waals surface area contributed by atoms with Crippen LogP contribution in [-0.2, 0) is 4.79 Å². The Bertz CT molecular complexity index is 996. The summed E-state index contributed by atoms with van der Waals surface area (Å²) >= 11 is 0. The number of aliphatic carboxylic acids is 1. The van der Waals surface area contributed by atoms with Crippen LogP contribution >= 0.6 is 0 Å². The van der Waals surface area contributed by atoms with Crippen LogP contribution in [0.15, 0.2) is 30.9 Å². The number of carbonyl (C=O) groups excluding carboxylic acids is 1. The van der Waals surface area contributed by atoms with Gasteiger partial charge in [-0.2, -0.15) is 0 Å². The zero-order valence-corrected chi connectivity index (χ0v) is 20.7. The van der Waals surface area contributed by atoms with Crippen LogP contribution in [0.3, 0.4) is 0 Å². The Kier molecular flexibility index (Phi) is 9.39. The van der Waals surface area contributed by atoms with Crippen molar-refractivity contribution in [2.45, 2.75) is 77.7 Å². The van der Waals surface area contributed by atoms with Crippen molar-refractivity contribution in [1.82, 2.24) is 9.97 Å². The highest BCUT2D eigenvalue weighted by atomic mass is 19.1. The molecule has 190 valence electrons. The third-order valence-electron chi connectivity index (χ3n) is 6.76. The number of nitrogens with zero attached hydrogens (tertiary/aromatic N) is 2. The van der Waals surface area contributed by atoms with Gasteiger partial charge in [0.15, 0.2) is 0 Å². The molecule has 1 aliphatic carbocycles. The second-order valence-electron chi connectivity index (χ2n) is 9.64. The van der Waals surface area contributed by atoms with Crippen LogP contribution in [0, 0.1) is 17.7 Å². The average molecular weight is 486 g/mol. The maximum absolute atomic E-state index is 15.3. The number of carboxylic acid groups (broad SMARTS) is 1. The molecule has 0 bridgehead atoms. The Balaban J connectivity index is 1.94. The van der Waals surface area contributed by atoms with Gasteiger partial charge in [0, 0.05) is 6.04 Å². The minimum absolute atomic E-state index is 0.118. The quantitative estimate of drug-likeness (QED) is 0.316. The molecule has 0 radical (unpaired) electrons. The standard InChI is InChI=1S/C26H36FN5O3/c1-4-17(10-24(33)34)20-11-22(32-26(35)30-19-13-28-15-29-14-19)23(12-21(20)27)31-25(16(2)3)18-8-6-5-7-9-18/h11-18,25,31H,4-10H2,1-3H3,(H,33,34)(H2,30,32,35). The zero-order valence-electron chi connectivity index (χ0n) is 20.7. The van der Waals surface area contributed by atoms with E-state index in [1.807, 2.05) is 6.92 Å². The largest absolute Gasteiger partial charge is 0.481 e. The van der Waals surface area contributed by atoms with Crippen LogP contribution in [0.4, 0.5) is 26.2 Å². The number of urea groups is 1. The van der Waals surface area contributed by atoms with Gasteiger partial charge >= 0.3 is 12.0 Å². The topological polar surface area (TPSA) is 116 Å². The molecular formula is C26H36FN5O3. The van der Waals surface area contributed by atoms with E-state index in [9.17, 15) is 14.7 Å². The number of amides is 2. The van der Waals surface area contributed by atoms with Crippen molar-refractivity contribution in [3.63, 3.8) is 0 Å². The van der Waals surface area contributed by atoms with Gasteiger partial charge in [0.1, 0.15) is 12.1 Å². The molecular weight excluding hydrogens is 449 g/mol. The summed E-state index contributed by atoms with van der Waals surface area (Å²) in [7, 11) is 0. The molecule has 1 fully saturated rings. The van der Waals surface area contributed by atoms with E-state index in [1.54, 1.807) is 6.07 Å². The van der Waals surface area contributed by atoms with Crippen LogP contribution in [0.25, 0.3) is 0 Å². The van der Waals surface area contributed by atoms with Crippen LogP contribution in [0.2, 0.25) is 0 Å². The molecule has 1 saturated carbocycles. The van der Waals surface area contributed by atoms with E-state index < -0.39 is 23.7 Å². The lowest BCUT2D eigenvalue weighted by Crippen LogP contribution is -2.35. The second kappa shape index (κ2) is 12.5. The van der Waals surface area contributed by atoms with Crippen LogP contribution < -0.4 is 16.0 Å². The van der Waals surface area contributed by atoms with Gasteiger partial charge in [-0.05, 0) is 54.7 Å². The number of carboxylic acids is 1. The zero-order chi connectivity index (χ0) is 25.4. The predicted molar refractivity (Wildman–Crippen MR) is 135 cm³/mol. The summed E-state index contributed by atoms with van der Waals surface area (Å²) in [6.07, 6.45) is 10.4. The molecule has 35 heavy (non-hydrogen) atoms. The molecule has 8 nitrogen and oxygen atoms in total. The third kappa shape index (κ3) is 7.37. The van der Waals surface area contributed by atoms with E-state index >= 15 is 4.39 Å². The molecule has 9 heteroatoms. The number of benzene rings is 1. The van der Waals surface area contributed by atoms with Crippen molar-refractivity contribution in [3.8, 4) is 0 Å². The number of hydrogen-bond donors (Lipinski definition) is 4. The molecule has 2 amide bonds. The van der Waals surface area contributed by atoms with E-state index in [2.05, 4.69) is 39.8 Å². The fourth-order valence-corrected chi connectivity index (χ4v) is 4.96.